The van der Waals surface area contributed by atoms with Crippen LogP contribution in [0.2, 0.25) is 13.1 Å². The van der Waals surface area contributed by atoms with Crippen molar-refractivity contribution in [2.24, 2.45) is 0 Å². The molecule has 0 aromatic heterocycles. The third-order valence-electron chi connectivity index (χ3n) is 3.98. The predicted octanol–water partition coefficient (Wildman–Crippen LogP) is 1.74. The third kappa shape index (κ3) is 1.65. The van der Waals surface area contributed by atoms with Crippen molar-refractivity contribution >= 4 is 24.2 Å². The first-order valence-electron chi connectivity index (χ1n) is 6.35. The Morgan fingerprint density at radius 2 is 1.24 bits per heavy atom. The van der Waals surface area contributed by atoms with Crippen LogP contribution in [0.15, 0.2) is 24.3 Å². The van der Waals surface area contributed by atoms with Crippen molar-refractivity contribution in [2.45, 2.75) is 13.1 Å². The standard InChI is InChI=1S/C15H12F2O3Si/c1-21(2)14-7(3-5-9(18)11(14)16)13(20)8-4-6-10(19)12(17)15(8)21/h3-6,18-19H,1-2H3. The van der Waals surface area contributed by atoms with Crippen molar-refractivity contribution in [3.8, 4) is 11.5 Å². The van der Waals surface area contributed by atoms with Crippen molar-refractivity contribution in [2.75, 3.05) is 0 Å². The molecule has 6 heteroatoms. The van der Waals surface area contributed by atoms with Gasteiger partial charge in [0.05, 0.1) is 0 Å². The molecule has 1 aliphatic heterocycles. The molecule has 0 atom stereocenters. The van der Waals surface area contributed by atoms with Gasteiger partial charge in [0.2, 0.25) is 0 Å². The Morgan fingerprint density at radius 1 is 0.857 bits per heavy atom. The number of hydrogen-bond acceptors (Lipinski definition) is 3. The van der Waals surface area contributed by atoms with Crippen molar-refractivity contribution in [3.63, 3.8) is 0 Å². The summed E-state index contributed by atoms with van der Waals surface area (Å²) in [6.07, 6.45) is 0. The van der Waals surface area contributed by atoms with Gasteiger partial charge in [-0.15, -0.1) is 0 Å². The summed E-state index contributed by atoms with van der Waals surface area (Å²) in [6, 6.07) is 4.97. The second-order valence-electron chi connectivity index (χ2n) is 5.60. The minimum Gasteiger partial charge on any atom is -0.505 e. The molecule has 108 valence electrons. The molecule has 0 saturated heterocycles. The molecule has 0 bridgehead atoms. The number of hydrogen-bond donors (Lipinski definition) is 2. The van der Waals surface area contributed by atoms with Crippen LogP contribution in [0.4, 0.5) is 8.78 Å². The Kier molecular flexibility index (Phi) is 2.71. The molecule has 1 aliphatic rings. The average molecular weight is 306 g/mol. The predicted molar refractivity (Wildman–Crippen MR) is 76.3 cm³/mol. The van der Waals surface area contributed by atoms with Gasteiger partial charge in [-0.3, -0.25) is 4.79 Å². The molecule has 1 heterocycles. The summed E-state index contributed by atoms with van der Waals surface area (Å²) in [6.45, 7) is 3.37. The molecule has 2 aromatic rings. The van der Waals surface area contributed by atoms with E-state index >= 15 is 0 Å². The summed E-state index contributed by atoms with van der Waals surface area (Å²) >= 11 is 0. The van der Waals surface area contributed by atoms with Gasteiger partial charge >= 0.3 is 0 Å². The summed E-state index contributed by atoms with van der Waals surface area (Å²) in [5, 5.41) is 19.3. The summed E-state index contributed by atoms with van der Waals surface area (Å²) in [7, 11) is -2.92. The molecular formula is C15H12F2O3Si. The van der Waals surface area contributed by atoms with Crippen LogP contribution in [0, 0.1) is 11.6 Å². The largest absolute Gasteiger partial charge is 0.505 e. The number of phenols is 2. The minimum atomic E-state index is -2.92. The number of ketones is 1. The van der Waals surface area contributed by atoms with E-state index in [1.807, 2.05) is 0 Å². The Morgan fingerprint density at radius 3 is 1.62 bits per heavy atom. The second kappa shape index (κ2) is 4.14. The van der Waals surface area contributed by atoms with Gasteiger partial charge < -0.3 is 10.2 Å². The topological polar surface area (TPSA) is 57.5 Å². The van der Waals surface area contributed by atoms with Crippen LogP contribution >= 0.6 is 0 Å². The lowest BCUT2D eigenvalue weighted by atomic mass is 10.0. The van der Waals surface area contributed by atoms with Gasteiger partial charge in [0.1, 0.15) is 8.07 Å². The number of benzene rings is 2. The highest BCUT2D eigenvalue weighted by Gasteiger charge is 2.44. The van der Waals surface area contributed by atoms with Crippen molar-refractivity contribution in [3.05, 3.63) is 47.0 Å². The van der Waals surface area contributed by atoms with Crippen molar-refractivity contribution in [1.29, 1.82) is 0 Å². The molecule has 0 radical (unpaired) electrons. The van der Waals surface area contributed by atoms with Crippen LogP contribution < -0.4 is 10.4 Å². The first-order chi connectivity index (χ1) is 9.76. The van der Waals surface area contributed by atoms with Crippen LogP contribution in [0.3, 0.4) is 0 Å². The number of phenolic OH excluding ortho intramolecular Hbond substituents is 2. The molecule has 0 amide bonds. The molecule has 2 N–H and O–H groups in total. The molecule has 2 aromatic carbocycles. The number of fused-ring (bicyclic) bond motifs is 2. The van der Waals surface area contributed by atoms with Gasteiger partial charge in [-0.2, -0.15) is 0 Å². The van der Waals surface area contributed by atoms with Crippen LogP contribution in [0.5, 0.6) is 11.5 Å². The van der Waals surface area contributed by atoms with Gasteiger partial charge in [-0.05, 0) is 34.6 Å². The highest BCUT2D eigenvalue weighted by atomic mass is 28.3. The van der Waals surface area contributed by atoms with E-state index in [1.165, 1.54) is 12.1 Å². The zero-order chi connectivity index (χ0) is 15.5. The molecule has 0 fully saturated rings. The Labute approximate surface area is 120 Å². The lowest BCUT2D eigenvalue weighted by Crippen LogP contribution is -2.62. The maximum Gasteiger partial charge on any atom is 0.193 e. The van der Waals surface area contributed by atoms with E-state index in [0.29, 0.717) is 0 Å². The van der Waals surface area contributed by atoms with Crippen LogP contribution in [0.1, 0.15) is 15.9 Å². The average Bonchev–Trinajstić information content (AvgIpc) is 2.42. The molecule has 0 unspecified atom stereocenters. The monoisotopic (exact) mass is 306 g/mol. The maximum atomic E-state index is 14.3. The molecule has 0 spiro atoms. The van der Waals surface area contributed by atoms with E-state index in [1.54, 1.807) is 13.1 Å². The summed E-state index contributed by atoms with van der Waals surface area (Å²) in [5.74, 6) is -3.39. The molecular weight excluding hydrogens is 294 g/mol. The fraction of sp³-hybridized carbons (Fsp3) is 0.133. The summed E-state index contributed by atoms with van der Waals surface area (Å²) in [5.41, 5.74) is 0.305. The van der Waals surface area contributed by atoms with Gasteiger partial charge in [0.25, 0.3) is 0 Å². The van der Waals surface area contributed by atoms with Crippen molar-refractivity contribution < 1.29 is 23.8 Å². The zero-order valence-electron chi connectivity index (χ0n) is 11.4. The molecule has 0 saturated carbocycles. The second-order valence-corrected chi connectivity index (χ2v) is 9.85. The molecule has 3 rings (SSSR count). The number of carbonyl (C=O) groups is 1. The fourth-order valence-electron chi connectivity index (χ4n) is 3.00. The zero-order valence-corrected chi connectivity index (χ0v) is 12.4. The van der Waals surface area contributed by atoms with Crippen LogP contribution in [-0.4, -0.2) is 24.1 Å². The quantitative estimate of drug-likeness (QED) is 0.729. The highest BCUT2D eigenvalue weighted by molar-refractivity contribution is 7.02. The van der Waals surface area contributed by atoms with E-state index in [9.17, 15) is 23.8 Å². The SMILES string of the molecule is C[Si]1(C)c2c(ccc(O)c2F)C(=O)c2ccc(O)c(F)c21. The Bertz CT molecular complexity index is 736. The van der Waals surface area contributed by atoms with Crippen molar-refractivity contribution in [1.82, 2.24) is 0 Å². The van der Waals surface area contributed by atoms with E-state index in [0.717, 1.165) is 12.1 Å². The first-order valence-corrected chi connectivity index (χ1v) is 9.35. The minimum absolute atomic E-state index is 0.0736. The maximum absolute atomic E-state index is 14.3. The third-order valence-corrected chi connectivity index (χ3v) is 7.46. The van der Waals surface area contributed by atoms with E-state index in [2.05, 4.69) is 0 Å². The number of halogens is 2. The van der Waals surface area contributed by atoms with Gasteiger partial charge in [-0.25, -0.2) is 8.78 Å². The van der Waals surface area contributed by atoms with Crippen LogP contribution in [0.25, 0.3) is 0 Å². The fourth-order valence-corrected chi connectivity index (χ4v) is 6.34. The Hall–Kier alpha value is -2.21. The lowest BCUT2D eigenvalue weighted by molar-refractivity contribution is 0.103. The summed E-state index contributed by atoms with van der Waals surface area (Å²) in [4.78, 5) is 12.4. The normalized spacial score (nSPS) is 15.5. The van der Waals surface area contributed by atoms with E-state index in [-0.39, 0.29) is 21.5 Å². The van der Waals surface area contributed by atoms with E-state index in [4.69, 9.17) is 0 Å². The van der Waals surface area contributed by atoms with Crippen LogP contribution in [-0.2, 0) is 0 Å². The number of rotatable bonds is 0. The van der Waals surface area contributed by atoms with E-state index < -0.39 is 37.0 Å². The first kappa shape index (κ1) is 13.8. The van der Waals surface area contributed by atoms with Gasteiger partial charge in [0, 0.05) is 11.1 Å². The van der Waals surface area contributed by atoms with Gasteiger partial charge in [0.15, 0.2) is 28.9 Å². The highest BCUT2D eigenvalue weighted by Crippen LogP contribution is 2.28. The number of carbonyl (C=O) groups excluding carboxylic acids is 1. The lowest BCUT2D eigenvalue weighted by Gasteiger charge is -2.33. The summed E-state index contributed by atoms with van der Waals surface area (Å²) < 4.78 is 28.7. The smallest absolute Gasteiger partial charge is 0.193 e. The molecule has 0 aliphatic carbocycles. The number of aromatic hydroxyl groups is 2. The molecule has 3 nitrogen and oxygen atoms in total. The molecule has 21 heavy (non-hydrogen) atoms. The van der Waals surface area contributed by atoms with Gasteiger partial charge in [-0.1, -0.05) is 13.1 Å². The Balaban J connectivity index is 2.46.